The first kappa shape index (κ1) is 14.6. The second kappa shape index (κ2) is 7.13. The van der Waals surface area contributed by atoms with Gasteiger partial charge in [0.1, 0.15) is 5.75 Å². The van der Waals surface area contributed by atoms with Crippen molar-refractivity contribution in [2.24, 2.45) is 5.73 Å². The van der Waals surface area contributed by atoms with Crippen LogP contribution in [0.5, 0.6) is 5.75 Å². The van der Waals surface area contributed by atoms with Crippen LogP contribution in [0, 0.1) is 18.8 Å². The van der Waals surface area contributed by atoms with E-state index in [1.165, 1.54) is 0 Å². The van der Waals surface area contributed by atoms with Gasteiger partial charge in [-0.1, -0.05) is 36.1 Å². The molecule has 0 aliphatic heterocycles. The van der Waals surface area contributed by atoms with E-state index < -0.39 is 6.09 Å². The molecule has 0 atom stereocenters. The van der Waals surface area contributed by atoms with Gasteiger partial charge in [-0.3, -0.25) is 5.32 Å². The van der Waals surface area contributed by atoms with Crippen LogP contribution >= 0.6 is 0 Å². The van der Waals surface area contributed by atoms with Crippen molar-refractivity contribution in [3.05, 3.63) is 59.7 Å². The molecule has 0 fully saturated rings. The summed E-state index contributed by atoms with van der Waals surface area (Å²) in [7, 11) is 0. The highest BCUT2D eigenvalue weighted by Crippen LogP contribution is 2.17. The molecule has 4 nitrogen and oxygen atoms in total. The van der Waals surface area contributed by atoms with Crippen molar-refractivity contribution in [3.63, 3.8) is 0 Å². The highest BCUT2D eigenvalue weighted by Gasteiger charge is 2.08. The van der Waals surface area contributed by atoms with Gasteiger partial charge in [-0.25, -0.2) is 4.79 Å². The molecule has 3 N–H and O–H groups in total. The summed E-state index contributed by atoms with van der Waals surface area (Å²) in [4.78, 5) is 11.9. The van der Waals surface area contributed by atoms with Crippen LogP contribution < -0.4 is 15.8 Å². The quantitative estimate of drug-likeness (QED) is 0.831. The number of anilines is 1. The number of rotatable bonds is 2. The number of nitrogens with one attached hydrogen (secondary N) is 1. The summed E-state index contributed by atoms with van der Waals surface area (Å²) >= 11 is 0. The Kier molecular flexibility index (Phi) is 4.97. The third kappa shape index (κ3) is 4.37. The van der Waals surface area contributed by atoms with Crippen LogP contribution in [0.3, 0.4) is 0 Å². The summed E-state index contributed by atoms with van der Waals surface area (Å²) in [6.45, 7) is 2.22. The molecule has 0 heterocycles. The van der Waals surface area contributed by atoms with Crippen LogP contribution in [-0.4, -0.2) is 12.6 Å². The van der Waals surface area contributed by atoms with Crippen LogP contribution in [0.1, 0.15) is 11.1 Å². The van der Waals surface area contributed by atoms with E-state index in [1.807, 2.05) is 25.1 Å². The Morgan fingerprint density at radius 2 is 2.00 bits per heavy atom. The molecule has 0 radical (unpaired) electrons. The summed E-state index contributed by atoms with van der Waals surface area (Å²) in [5.41, 5.74) is 7.75. The van der Waals surface area contributed by atoms with E-state index in [0.717, 1.165) is 5.56 Å². The number of ether oxygens (including phenoxy) is 1. The van der Waals surface area contributed by atoms with Gasteiger partial charge < -0.3 is 10.5 Å². The molecule has 2 aromatic rings. The minimum absolute atomic E-state index is 0.266. The van der Waals surface area contributed by atoms with Gasteiger partial charge in [0.2, 0.25) is 0 Å². The predicted molar refractivity (Wildman–Crippen MR) is 83.2 cm³/mol. The van der Waals surface area contributed by atoms with Crippen LogP contribution in [-0.2, 0) is 0 Å². The zero-order chi connectivity index (χ0) is 15.1. The maximum Gasteiger partial charge on any atom is 0.417 e. The minimum Gasteiger partial charge on any atom is -0.410 e. The molecule has 2 rings (SSSR count). The van der Waals surface area contributed by atoms with Crippen molar-refractivity contribution in [1.29, 1.82) is 0 Å². The molecule has 0 aliphatic carbocycles. The molecule has 0 saturated carbocycles. The Balaban J connectivity index is 2.13. The topological polar surface area (TPSA) is 64.3 Å². The number of carbonyl (C=O) groups is 1. The predicted octanol–water partition coefficient (Wildman–Crippen LogP) is 2.92. The fraction of sp³-hybridized carbons (Fsp3) is 0.118. The fourth-order valence-electron chi connectivity index (χ4n) is 1.75. The Morgan fingerprint density at radius 1 is 1.24 bits per heavy atom. The summed E-state index contributed by atoms with van der Waals surface area (Å²) in [6.07, 6.45) is -0.555. The molecule has 0 aromatic heterocycles. The number of carbonyl (C=O) groups excluding carboxylic acids is 1. The third-order valence-electron chi connectivity index (χ3n) is 2.69. The molecule has 0 spiro atoms. The number of hydrogen-bond acceptors (Lipinski definition) is 3. The average molecular weight is 280 g/mol. The van der Waals surface area contributed by atoms with E-state index in [4.69, 9.17) is 10.5 Å². The smallest absolute Gasteiger partial charge is 0.410 e. The summed E-state index contributed by atoms with van der Waals surface area (Å²) in [5, 5.41) is 2.69. The van der Waals surface area contributed by atoms with Crippen molar-refractivity contribution in [1.82, 2.24) is 0 Å². The number of hydrogen-bond donors (Lipinski definition) is 2. The SMILES string of the molecule is Cc1ccc(NC(=O)Oc2ccccc2)c(C#CCN)c1. The Labute approximate surface area is 123 Å². The molecule has 0 aliphatic rings. The highest BCUT2D eigenvalue weighted by atomic mass is 16.6. The lowest BCUT2D eigenvalue weighted by Gasteiger charge is -2.09. The molecular formula is C17H16N2O2. The number of amides is 1. The maximum atomic E-state index is 11.9. The number of nitrogens with two attached hydrogens (primary N) is 1. The summed E-state index contributed by atoms with van der Waals surface area (Å²) in [5.74, 6) is 6.20. The summed E-state index contributed by atoms with van der Waals surface area (Å²) < 4.78 is 5.19. The van der Waals surface area contributed by atoms with Crippen LogP contribution in [0.15, 0.2) is 48.5 Å². The molecule has 1 amide bonds. The van der Waals surface area contributed by atoms with Gasteiger partial charge in [0.05, 0.1) is 12.2 Å². The van der Waals surface area contributed by atoms with Crippen LogP contribution in [0.25, 0.3) is 0 Å². The van der Waals surface area contributed by atoms with E-state index in [2.05, 4.69) is 17.2 Å². The second-order valence-corrected chi connectivity index (χ2v) is 4.38. The van der Waals surface area contributed by atoms with Crippen molar-refractivity contribution in [2.45, 2.75) is 6.92 Å². The molecule has 106 valence electrons. The standard InChI is InChI=1S/C17H16N2O2/c1-13-9-10-16(14(12-13)6-5-11-18)19-17(20)21-15-7-3-2-4-8-15/h2-4,7-10,12H,11,18H2,1H3,(H,19,20). The normalized spacial score (nSPS) is 9.43. The Morgan fingerprint density at radius 3 is 2.71 bits per heavy atom. The maximum absolute atomic E-state index is 11.9. The van der Waals surface area contributed by atoms with Crippen LogP contribution in [0.2, 0.25) is 0 Å². The molecule has 4 heteroatoms. The first-order valence-corrected chi connectivity index (χ1v) is 6.52. The number of aryl methyl sites for hydroxylation is 1. The van der Waals surface area contributed by atoms with E-state index in [0.29, 0.717) is 17.0 Å². The number of para-hydroxylation sites is 1. The van der Waals surface area contributed by atoms with Crippen molar-refractivity contribution >= 4 is 11.8 Å². The van der Waals surface area contributed by atoms with Crippen molar-refractivity contribution < 1.29 is 9.53 Å². The fourth-order valence-corrected chi connectivity index (χ4v) is 1.75. The van der Waals surface area contributed by atoms with E-state index in [1.54, 1.807) is 30.3 Å². The molecular weight excluding hydrogens is 264 g/mol. The zero-order valence-electron chi connectivity index (χ0n) is 11.7. The molecule has 21 heavy (non-hydrogen) atoms. The lowest BCUT2D eigenvalue weighted by atomic mass is 10.1. The van der Waals surface area contributed by atoms with Gasteiger partial charge in [-0.15, -0.1) is 0 Å². The molecule has 0 bridgehead atoms. The number of benzene rings is 2. The Bertz CT molecular complexity index is 685. The van der Waals surface area contributed by atoms with E-state index >= 15 is 0 Å². The first-order chi connectivity index (χ1) is 10.2. The minimum atomic E-state index is -0.555. The second-order valence-electron chi connectivity index (χ2n) is 4.38. The van der Waals surface area contributed by atoms with Crippen LogP contribution in [0.4, 0.5) is 10.5 Å². The van der Waals surface area contributed by atoms with E-state index in [9.17, 15) is 4.79 Å². The van der Waals surface area contributed by atoms with E-state index in [-0.39, 0.29) is 6.54 Å². The lowest BCUT2D eigenvalue weighted by molar-refractivity contribution is 0.215. The molecule has 0 saturated heterocycles. The monoisotopic (exact) mass is 280 g/mol. The van der Waals surface area contributed by atoms with Gasteiger partial charge in [0.15, 0.2) is 0 Å². The summed E-state index contributed by atoms with van der Waals surface area (Å²) in [6, 6.07) is 14.5. The Hall–Kier alpha value is -2.77. The molecule has 0 unspecified atom stereocenters. The van der Waals surface area contributed by atoms with Gasteiger partial charge in [-0.05, 0) is 36.8 Å². The third-order valence-corrected chi connectivity index (χ3v) is 2.69. The van der Waals surface area contributed by atoms with Gasteiger partial charge >= 0.3 is 6.09 Å². The van der Waals surface area contributed by atoms with Gasteiger partial charge in [0, 0.05) is 5.56 Å². The molecule has 2 aromatic carbocycles. The highest BCUT2D eigenvalue weighted by molar-refractivity contribution is 5.88. The van der Waals surface area contributed by atoms with Crippen molar-refractivity contribution in [3.8, 4) is 17.6 Å². The zero-order valence-corrected chi connectivity index (χ0v) is 11.7. The largest absolute Gasteiger partial charge is 0.417 e. The average Bonchev–Trinajstić information content (AvgIpc) is 2.48. The lowest BCUT2D eigenvalue weighted by Crippen LogP contribution is -2.17. The van der Waals surface area contributed by atoms with Gasteiger partial charge in [0.25, 0.3) is 0 Å². The van der Waals surface area contributed by atoms with Crippen molar-refractivity contribution in [2.75, 3.05) is 11.9 Å². The first-order valence-electron chi connectivity index (χ1n) is 6.52. The van der Waals surface area contributed by atoms with Gasteiger partial charge in [-0.2, -0.15) is 0 Å².